The predicted molar refractivity (Wildman–Crippen MR) is 106 cm³/mol. The minimum absolute atomic E-state index is 0.0108. The molecule has 5 heteroatoms. The maximum absolute atomic E-state index is 13.4. The lowest BCUT2D eigenvalue weighted by atomic mass is 9.86. The van der Waals surface area contributed by atoms with Gasteiger partial charge in [0.25, 0.3) is 0 Å². The smallest absolute Gasteiger partial charge is 0.240 e. The third kappa shape index (κ3) is 4.19. The summed E-state index contributed by atoms with van der Waals surface area (Å²) in [7, 11) is 1.84. The van der Waals surface area contributed by atoms with Crippen molar-refractivity contribution in [3.8, 4) is 0 Å². The molecule has 0 spiro atoms. The van der Waals surface area contributed by atoms with Crippen LogP contribution in [-0.2, 0) is 9.59 Å². The van der Waals surface area contributed by atoms with E-state index in [0.29, 0.717) is 0 Å². The van der Waals surface area contributed by atoms with Crippen LogP contribution in [-0.4, -0.2) is 35.8 Å². The molecule has 0 saturated carbocycles. The summed E-state index contributed by atoms with van der Waals surface area (Å²) in [5.74, 6) is -0.485. The van der Waals surface area contributed by atoms with Crippen molar-refractivity contribution >= 4 is 11.8 Å². The number of nitrogens with one attached hydrogen (secondary N) is 1. The Morgan fingerprint density at radius 3 is 2.15 bits per heavy atom. The van der Waals surface area contributed by atoms with Crippen LogP contribution in [0.1, 0.15) is 42.9 Å². The number of rotatable bonds is 5. The van der Waals surface area contributed by atoms with Crippen molar-refractivity contribution in [2.75, 3.05) is 7.05 Å². The Morgan fingerprint density at radius 2 is 1.59 bits per heavy atom. The fourth-order valence-corrected chi connectivity index (χ4v) is 3.91. The van der Waals surface area contributed by atoms with Crippen molar-refractivity contribution < 1.29 is 9.59 Å². The predicted octanol–water partition coefficient (Wildman–Crippen LogP) is 2.60. The Morgan fingerprint density at radius 1 is 1.04 bits per heavy atom. The molecule has 4 atom stereocenters. The van der Waals surface area contributed by atoms with Crippen molar-refractivity contribution in [1.29, 1.82) is 0 Å². The molecule has 0 aliphatic carbocycles. The Bertz CT molecular complexity index is 779. The number of nitrogens with two attached hydrogens (primary N) is 1. The zero-order chi connectivity index (χ0) is 19.4. The molecule has 0 radical (unpaired) electrons. The summed E-state index contributed by atoms with van der Waals surface area (Å²) in [6.45, 7) is 1.71. The van der Waals surface area contributed by atoms with Crippen molar-refractivity contribution in [3.05, 3.63) is 71.8 Å². The van der Waals surface area contributed by atoms with Gasteiger partial charge in [0.05, 0.1) is 18.1 Å². The summed E-state index contributed by atoms with van der Waals surface area (Å²) in [5.41, 5.74) is 7.68. The Hall–Kier alpha value is -2.66. The normalized spacial score (nSPS) is 24.3. The third-order valence-electron chi connectivity index (χ3n) is 5.50. The summed E-state index contributed by atoms with van der Waals surface area (Å²) in [6.07, 6.45) is 1.69. The highest BCUT2D eigenvalue weighted by Gasteiger charge is 2.39. The van der Waals surface area contributed by atoms with E-state index in [1.807, 2.05) is 60.5 Å². The number of hydrogen-bond donors (Lipinski definition) is 2. The Labute approximate surface area is 160 Å². The molecule has 1 heterocycles. The lowest BCUT2D eigenvalue weighted by Gasteiger charge is -2.31. The van der Waals surface area contributed by atoms with Crippen molar-refractivity contribution in [2.24, 2.45) is 5.73 Å². The maximum Gasteiger partial charge on any atom is 0.240 e. The zero-order valence-corrected chi connectivity index (χ0v) is 15.8. The minimum Gasteiger partial charge on any atom is -0.368 e. The van der Waals surface area contributed by atoms with Crippen LogP contribution in [0.25, 0.3) is 0 Å². The number of likely N-dealkylation sites (N-methyl/N-ethyl adjacent to an activating group) is 1. The largest absolute Gasteiger partial charge is 0.368 e. The lowest BCUT2D eigenvalue weighted by molar-refractivity contribution is -0.134. The van der Waals surface area contributed by atoms with Gasteiger partial charge in [-0.2, -0.15) is 0 Å². The monoisotopic (exact) mass is 365 g/mol. The molecule has 5 nitrogen and oxygen atoms in total. The van der Waals surface area contributed by atoms with Crippen LogP contribution in [0, 0.1) is 0 Å². The molecule has 3 N–H and O–H groups in total. The molecule has 0 bridgehead atoms. The molecular formula is C22H27N3O2. The van der Waals surface area contributed by atoms with Gasteiger partial charge in [0.1, 0.15) is 0 Å². The summed E-state index contributed by atoms with van der Waals surface area (Å²) < 4.78 is 0. The van der Waals surface area contributed by atoms with Crippen LogP contribution in [0.5, 0.6) is 0 Å². The molecule has 1 aliphatic heterocycles. The Balaban J connectivity index is 1.96. The Kier molecular flexibility index (Phi) is 5.91. The number of nitrogens with zero attached hydrogens (tertiary/aromatic N) is 1. The van der Waals surface area contributed by atoms with E-state index in [1.54, 1.807) is 6.92 Å². The SMILES string of the molecule is C[C@H](N[C@@H]1C(=O)N(C)[C@H](c2ccccc2)CC[C@H]1c1ccccc1)C(N)=O. The van der Waals surface area contributed by atoms with Gasteiger partial charge in [0.2, 0.25) is 11.8 Å². The molecule has 3 rings (SSSR count). The lowest BCUT2D eigenvalue weighted by Crippen LogP contribution is -2.53. The van der Waals surface area contributed by atoms with Gasteiger partial charge in [-0.05, 0) is 30.9 Å². The van der Waals surface area contributed by atoms with Gasteiger partial charge in [-0.25, -0.2) is 0 Å². The van der Waals surface area contributed by atoms with Crippen molar-refractivity contribution in [3.63, 3.8) is 0 Å². The van der Waals surface area contributed by atoms with E-state index < -0.39 is 18.0 Å². The number of benzene rings is 2. The number of amides is 2. The number of likely N-dealkylation sites (tertiary alicyclic amines) is 1. The highest BCUT2D eigenvalue weighted by Crippen LogP contribution is 2.36. The van der Waals surface area contributed by atoms with Crippen LogP contribution in [0.4, 0.5) is 0 Å². The molecule has 2 aromatic rings. The summed E-state index contributed by atoms with van der Waals surface area (Å²) in [5, 5.41) is 3.19. The van der Waals surface area contributed by atoms with Crippen LogP contribution in [0.15, 0.2) is 60.7 Å². The molecule has 0 unspecified atom stereocenters. The van der Waals surface area contributed by atoms with Crippen molar-refractivity contribution in [1.82, 2.24) is 10.2 Å². The molecule has 27 heavy (non-hydrogen) atoms. The van der Waals surface area contributed by atoms with E-state index in [0.717, 1.165) is 24.0 Å². The molecule has 2 amide bonds. The maximum atomic E-state index is 13.4. The summed E-state index contributed by atoms with van der Waals surface area (Å²) in [4.78, 5) is 26.8. The first kappa shape index (κ1) is 19.1. The molecule has 142 valence electrons. The van der Waals surface area contributed by atoms with E-state index >= 15 is 0 Å². The summed E-state index contributed by atoms with van der Waals surface area (Å²) >= 11 is 0. The number of carbonyl (C=O) groups is 2. The third-order valence-corrected chi connectivity index (χ3v) is 5.50. The topological polar surface area (TPSA) is 75.4 Å². The van der Waals surface area contributed by atoms with Gasteiger partial charge in [-0.15, -0.1) is 0 Å². The quantitative estimate of drug-likeness (QED) is 0.855. The van der Waals surface area contributed by atoms with Gasteiger partial charge in [0.15, 0.2) is 0 Å². The average molecular weight is 365 g/mol. The van der Waals surface area contributed by atoms with Crippen LogP contribution in [0.3, 0.4) is 0 Å². The van der Waals surface area contributed by atoms with E-state index in [-0.39, 0.29) is 17.9 Å². The van der Waals surface area contributed by atoms with E-state index in [9.17, 15) is 9.59 Å². The molecule has 1 fully saturated rings. The standard InChI is InChI=1S/C22H27N3O2/c1-15(21(23)26)24-20-18(16-9-5-3-6-10-16)13-14-19(25(2)22(20)27)17-11-7-4-8-12-17/h3-12,15,18-20,24H,13-14H2,1-2H3,(H2,23,26)/t15-,18-,19-,20-/m0/s1. The zero-order valence-electron chi connectivity index (χ0n) is 15.8. The molecule has 0 aromatic heterocycles. The minimum atomic E-state index is -0.577. The van der Waals surface area contributed by atoms with Gasteiger partial charge < -0.3 is 10.6 Å². The van der Waals surface area contributed by atoms with Gasteiger partial charge in [-0.1, -0.05) is 60.7 Å². The second-order valence-electron chi connectivity index (χ2n) is 7.24. The van der Waals surface area contributed by atoms with Crippen LogP contribution < -0.4 is 11.1 Å². The van der Waals surface area contributed by atoms with Crippen LogP contribution in [0.2, 0.25) is 0 Å². The van der Waals surface area contributed by atoms with Crippen LogP contribution >= 0.6 is 0 Å². The molecule has 1 aliphatic rings. The number of carbonyl (C=O) groups excluding carboxylic acids is 2. The number of hydrogen-bond acceptors (Lipinski definition) is 3. The highest BCUT2D eigenvalue weighted by atomic mass is 16.2. The molecule has 1 saturated heterocycles. The number of primary amides is 1. The summed E-state index contributed by atoms with van der Waals surface area (Å²) in [6, 6.07) is 19.1. The average Bonchev–Trinajstić information content (AvgIpc) is 2.81. The first-order valence-electron chi connectivity index (χ1n) is 9.41. The van der Waals surface area contributed by atoms with E-state index in [4.69, 9.17) is 5.73 Å². The second-order valence-corrected chi connectivity index (χ2v) is 7.24. The first-order chi connectivity index (χ1) is 13.0. The second kappa shape index (κ2) is 8.35. The molecule has 2 aromatic carbocycles. The highest BCUT2D eigenvalue weighted by molar-refractivity contribution is 5.85. The van der Waals surface area contributed by atoms with Gasteiger partial charge in [0, 0.05) is 13.0 Å². The van der Waals surface area contributed by atoms with Gasteiger partial charge in [-0.3, -0.25) is 14.9 Å². The fraction of sp³-hybridized carbons (Fsp3) is 0.364. The van der Waals surface area contributed by atoms with E-state index in [2.05, 4.69) is 17.4 Å². The van der Waals surface area contributed by atoms with Crippen molar-refractivity contribution in [2.45, 2.75) is 43.8 Å². The first-order valence-corrected chi connectivity index (χ1v) is 9.41. The molecular weight excluding hydrogens is 338 g/mol. The van der Waals surface area contributed by atoms with E-state index in [1.165, 1.54) is 0 Å². The van der Waals surface area contributed by atoms with Gasteiger partial charge >= 0.3 is 0 Å². The fourth-order valence-electron chi connectivity index (χ4n) is 3.91.